The Labute approximate surface area is 141 Å². The molecule has 0 unspecified atom stereocenters. The van der Waals surface area contributed by atoms with E-state index in [1.165, 1.54) is 4.90 Å². The second kappa shape index (κ2) is 6.34. The standard InChI is InChI=1S/C16H17F5N2O2/c1-22(2)16(24)23-7-3-4-8(23)6-9(5-7)25-15-13(20)11(18)10(17)12(19)14(15)21/h7-9H,3-6H2,1-2H3/t7-,8+,9+. The smallest absolute Gasteiger partial charge is 0.319 e. The predicted octanol–water partition coefficient (Wildman–Crippen LogP) is 3.44. The number of hydrogen-bond acceptors (Lipinski definition) is 2. The van der Waals surface area contributed by atoms with Crippen molar-refractivity contribution in [3.05, 3.63) is 29.1 Å². The Morgan fingerprint density at radius 1 is 0.920 bits per heavy atom. The monoisotopic (exact) mass is 364 g/mol. The van der Waals surface area contributed by atoms with Crippen molar-refractivity contribution in [1.82, 2.24) is 9.80 Å². The highest BCUT2D eigenvalue weighted by Gasteiger charge is 2.45. The third-order valence-electron chi connectivity index (χ3n) is 4.75. The van der Waals surface area contributed by atoms with Gasteiger partial charge in [-0.25, -0.2) is 18.0 Å². The number of carbonyl (C=O) groups excluding carboxylic acids is 1. The van der Waals surface area contributed by atoms with E-state index in [2.05, 4.69) is 0 Å². The fourth-order valence-electron chi connectivity index (χ4n) is 3.62. The van der Waals surface area contributed by atoms with E-state index >= 15 is 0 Å². The number of fused-ring (bicyclic) bond motifs is 2. The summed E-state index contributed by atoms with van der Waals surface area (Å²) in [5.41, 5.74) is 0. The van der Waals surface area contributed by atoms with Gasteiger partial charge in [0.2, 0.25) is 29.1 Å². The van der Waals surface area contributed by atoms with Crippen LogP contribution in [-0.4, -0.2) is 48.1 Å². The highest BCUT2D eigenvalue weighted by molar-refractivity contribution is 5.75. The topological polar surface area (TPSA) is 32.8 Å². The van der Waals surface area contributed by atoms with Crippen molar-refractivity contribution >= 4 is 6.03 Å². The second-order valence-corrected chi connectivity index (χ2v) is 6.58. The van der Waals surface area contributed by atoms with Gasteiger partial charge in [-0.15, -0.1) is 0 Å². The Hall–Kier alpha value is -2.06. The van der Waals surface area contributed by atoms with Gasteiger partial charge in [0.15, 0.2) is 5.75 Å². The molecule has 0 radical (unpaired) electrons. The van der Waals surface area contributed by atoms with Gasteiger partial charge in [-0.3, -0.25) is 0 Å². The molecule has 2 bridgehead atoms. The van der Waals surface area contributed by atoms with Crippen LogP contribution in [0.3, 0.4) is 0 Å². The normalized spacial score (nSPS) is 25.2. The van der Waals surface area contributed by atoms with Gasteiger partial charge < -0.3 is 14.5 Å². The van der Waals surface area contributed by atoms with Crippen LogP contribution in [0.2, 0.25) is 0 Å². The zero-order chi connectivity index (χ0) is 18.5. The van der Waals surface area contributed by atoms with Gasteiger partial charge in [-0.2, -0.15) is 8.78 Å². The number of benzene rings is 1. The van der Waals surface area contributed by atoms with Gasteiger partial charge in [-0.05, 0) is 12.8 Å². The Kier molecular flexibility index (Phi) is 4.51. The fourth-order valence-corrected chi connectivity index (χ4v) is 3.62. The van der Waals surface area contributed by atoms with Crippen molar-refractivity contribution in [3.8, 4) is 5.75 Å². The van der Waals surface area contributed by atoms with E-state index in [9.17, 15) is 26.7 Å². The lowest BCUT2D eigenvalue weighted by Crippen LogP contribution is -2.52. The summed E-state index contributed by atoms with van der Waals surface area (Å²) in [7, 11) is 3.25. The first kappa shape index (κ1) is 17.8. The van der Waals surface area contributed by atoms with Crippen LogP contribution < -0.4 is 4.74 Å². The summed E-state index contributed by atoms with van der Waals surface area (Å²) in [6.45, 7) is 0. The minimum atomic E-state index is -2.21. The molecule has 3 rings (SSSR count). The van der Waals surface area contributed by atoms with Crippen molar-refractivity contribution in [2.75, 3.05) is 14.1 Å². The van der Waals surface area contributed by atoms with E-state index < -0.39 is 40.9 Å². The molecule has 0 spiro atoms. The third kappa shape index (κ3) is 2.89. The van der Waals surface area contributed by atoms with Crippen LogP contribution in [0.25, 0.3) is 0 Å². The summed E-state index contributed by atoms with van der Waals surface area (Å²) in [4.78, 5) is 15.4. The summed E-state index contributed by atoms with van der Waals surface area (Å²) in [5, 5.41) is 0. The van der Waals surface area contributed by atoms with Gasteiger partial charge >= 0.3 is 6.03 Å². The number of ether oxygens (including phenoxy) is 1. The first-order valence-electron chi connectivity index (χ1n) is 7.90. The second-order valence-electron chi connectivity index (χ2n) is 6.58. The van der Waals surface area contributed by atoms with Crippen LogP contribution in [0.1, 0.15) is 25.7 Å². The number of halogens is 5. The summed E-state index contributed by atoms with van der Waals surface area (Å²) in [6, 6.07) is -0.526. The van der Waals surface area contributed by atoms with E-state index in [0.717, 1.165) is 0 Å². The van der Waals surface area contributed by atoms with Crippen molar-refractivity contribution in [1.29, 1.82) is 0 Å². The van der Waals surface area contributed by atoms with Crippen molar-refractivity contribution in [2.45, 2.75) is 43.9 Å². The number of urea groups is 1. The van der Waals surface area contributed by atoms with E-state index in [0.29, 0.717) is 12.8 Å². The number of piperidine rings is 1. The Bertz CT molecular complexity index is 669. The molecule has 2 heterocycles. The molecule has 3 atom stereocenters. The van der Waals surface area contributed by atoms with Gasteiger partial charge in [0.25, 0.3) is 0 Å². The zero-order valence-electron chi connectivity index (χ0n) is 13.7. The van der Waals surface area contributed by atoms with Crippen LogP contribution in [0.15, 0.2) is 0 Å². The lowest BCUT2D eigenvalue weighted by atomic mass is 10.00. The van der Waals surface area contributed by atoms with Crippen LogP contribution in [0.4, 0.5) is 26.7 Å². The first-order chi connectivity index (χ1) is 11.7. The summed E-state index contributed by atoms with van der Waals surface area (Å²) < 4.78 is 72.3. The molecule has 2 aliphatic heterocycles. The maximum atomic E-state index is 13.8. The van der Waals surface area contributed by atoms with Gasteiger partial charge in [0.05, 0.1) is 0 Å². The molecular formula is C16H17F5N2O2. The van der Waals surface area contributed by atoms with Crippen molar-refractivity contribution in [3.63, 3.8) is 0 Å². The first-order valence-corrected chi connectivity index (χ1v) is 7.90. The summed E-state index contributed by atoms with van der Waals surface area (Å²) in [5.74, 6) is -11.5. The molecular weight excluding hydrogens is 347 g/mol. The lowest BCUT2D eigenvalue weighted by Gasteiger charge is -2.40. The highest BCUT2D eigenvalue weighted by Crippen LogP contribution is 2.39. The molecule has 2 saturated heterocycles. The maximum absolute atomic E-state index is 13.8. The zero-order valence-corrected chi connectivity index (χ0v) is 13.7. The molecule has 1 aromatic rings. The van der Waals surface area contributed by atoms with Crippen LogP contribution in [0.5, 0.6) is 5.75 Å². The lowest BCUT2D eigenvalue weighted by molar-refractivity contribution is 0.0545. The molecule has 0 aromatic heterocycles. The molecule has 9 heteroatoms. The van der Waals surface area contributed by atoms with Crippen LogP contribution >= 0.6 is 0 Å². The number of nitrogens with zero attached hydrogens (tertiary/aromatic N) is 2. The quantitative estimate of drug-likeness (QED) is 0.458. The molecule has 2 amide bonds. The number of amides is 2. The van der Waals surface area contributed by atoms with E-state index in [-0.39, 0.29) is 31.0 Å². The molecule has 1 aromatic carbocycles. The van der Waals surface area contributed by atoms with Crippen LogP contribution in [-0.2, 0) is 0 Å². The maximum Gasteiger partial charge on any atom is 0.319 e. The number of rotatable bonds is 2. The molecule has 0 N–H and O–H groups in total. The van der Waals surface area contributed by atoms with Gasteiger partial charge in [0, 0.05) is 39.0 Å². The molecule has 0 aliphatic carbocycles. The summed E-state index contributed by atoms with van der Waals surface area (Å²) >= 11 is 0. The minimum absolute atomic E-state index is 0.165. The highest BCUT2D eigenvalue weighted by atomic mass is 19.2. The molecule has 0 saturated carbocycles. The largest absolute Gasteiger partial charge is 0.484 e. The van der Waals surface area contributed by atoms with Crippen molar-refractivity contribution in [2.24, 2.45) is 0 Å². The molecule has 25 heavy (non-hydrogen) atoms. The Morgan fingerprint density at radius 2 is 1.36 bits per heavy atom. The Morgan fingerprint density at radius 3 is 1.80 bits per heavy atom. The van der Waals surface area contributed by atoms with Crippen molar-refractivity contribution < 1.29 is 31.5 Å². The van der Waals surface area contributed by atoms with E-state index in [1.54, 1.807) is 19.0 Å². The number of hydrogen-bond donors (Lipinski definition) is 0. The molecule has 2 aliphatic rings. The average molecular weight is 364 g/mol. The fraction of sp³-hybridized carbons (Fsp3) is 0.562. The van der Waals surface area contributed by atoms with Gasteiger partial charge in [0.1, 0.15) is 6.10 Å². The molecule has 138 valence electrons. The Balaban J connectivity index is 1.81. The predicted molar refractivity (Wildman–Crippen MR) is 77.6 cm³/mol. The third-order valence-corrected chi connectivity index (χ3v) is 4.75. The SMILES string of the molecule is CN(C)C(=O)N1[C@@H]2CC[C@H]1C[C@@H](Oc1c(F)c(F)c(F)c(F)c1F)C2. The van der Waals surface area contributed by atoms with E-state index in [4.69, 9.17) is 4.74 Å². The summed E-state index contributed by atoms with van der Waals surface area (Å²) in [6.07, 6.45) is 1.24. The molecule has 2 fully saturated rings. The van der Waals surface area contributed by atoms with Gasteiger partial charge in [-0.1, -0.05) is 0 Å². The molecule has 4 nitrogen and oxygen atoms in total. The van der Waals surface area contributed by atoms with E-state index in [1.807, 2.05) is 0 Å². The number of carbonyl (C=O) groups is 1. The van der Waals surface area contributed by atoms with Crippen LogP contribution in [0, 0.1) is 29.1 Å². The average Bonchev–Trinajstić information content (AvgIpc) is 2.84. The minimum Gasteiger partial charge on any atom is -0.484 e.